The molecule has 1 heterocycles. The topological polar surface area (TPSA) is 164 Å². The summed E-state index contributed by atoms with van der Waals surface area (Å²) in [5.74, 6) is -1.67. The fourth-order valence-corrected chi connectivity index (χ4v) is 11.3. The molecule has 7 bridgehead atoms. The maximum Gasteiger partial charge on any atom is 0.340 e. The highest BCUT2D eigenvalue weighted by Crippen LogP contribution is 2.81. The summed E-state index contributed by atoms with van der Waals surface area (Å²) in [5.41, 5.74) is -4.06. The van der Waals surface area contributed by atoms with E-state index in [9.17, 15) is 25.2 Å². The molecule has 11 heteroatoms. The number of carbonyl (C=O) groups excluding carboxylic acids is 1. The number of carbonyl (C=O) groups is 1. The minimum absolute atomic E-state index is 0.00969. The van der Waals surface area contributed by atoms with Crippen molar-refractivity contribution in [2.75, 3.05) is 40.2 Å². The molecule has 1 saturated heterocycles. The molecule has 11 nitrogen and oxygen atoms in total. The van der Waals surface area contributed by atoms with Gasteiger partial charge in [0.2, 0.25) is 0 Å². The zero-order valence-corrected chi connectivity index (χ0v) is 24.1. The molecule has 5 saturated carbocycles. The van der Waals surface area contributed by atoms with Crippen LogP contribution in [0.3, 0.4) is 0 Å². The van der Waals surface area contributed by atoms with Gasteiger partial charge in [-0.05, 0) is 44.4 Å². The van der Waals surface area contributed by atoms with E-state index in [0.29, 0.717) is 31.6 Å². The zero-order chi connectivity index (χ0) is 29.4. The third kappa shape index (κ3) is 2.69. The van der Waals surface area contributed by atoms with Gasteiger partial charge in [0.25, 0.3) is 0 Å². The lowest BCUT2D eigenvalue weighted by molar-refractivity contribution is -0.408. The van der Waals surface area contributed by atoms with Gasteiger partial charge in [0.15, 0.2) is 5.60 Å². The number of piperidine rings is 1. The molecule has 226 valence electrons. The number of para-hydroxylation sites is 1. The lowest BCUT2D eigenvalue weighted by Crippen LogP contribution is -2.93. The van der Waals surface area contributed by atoms with Gasteiger partial charge in [-0.1, -0.05) is 19.1 Å². The molecule has 1 aromatic carbocycles. The van der Waals surface area contributed by atoms with Crippen LogP contribution in [0.2, 0.25) is 0 Å². The Balaban J connectivity index is 1.48. The van der Waals surface area contributed by atoms with Crippen LogP contribution >= 0.6 is 0 Å². The SMILES string of the molecule is CCN1C[C@]2(OC(=O)c3ccccc3N)CC[C@H](OC)[C@@]34[C@@H]2C[C@](O)([C@@H]13)[C@@]1(O)C[C@H](OC)[C@H]2C[C@]4(O)[C@]1(O)[C@H]2OC. The Morgan fingerprint density at radius 3 is 2.39 bits per heavy atom. The Labute approximate surface area is 239 Å². The van der Waals surface area contributed by atoms with Crippen LogP contribution in [0.1, 0.15) is 49.4 Å². The summed E-state index contributed by atoms with van der Waals surface area (Å²) < 4.78 is 24.4. The van der Waals surface area contributed by atoms with Gasteiger partial charge in [-0.3, -0.25) is 4.90 Å². The molecule has 1 aromatic rings. The van der Waals surface area contributed by atoms with Gasteiger partial charge in [0.1, 0.15) is 22.4 Å². The zero-order valence-electron chi connectivity index (χ0n) is 24.1. The normalized spacial score (nSPS) is 52.9. The molecule has 12 atom stereocenters. The Hall–Kier alpha value is -1.83. The predicted molar refractivity (Wildman–Crippen MR) is 145 cm³/mol. The van der Waals surface area contributed by atoms with Gasteiger partial charge < -0.3 is 45.1 Å². The largest absolute Gasteiger partial charge is 0.454 e. The van der Waals surface area contributed by atoms with E-state index in [1.165, 1.54) is 14.2 Å². The molecule has 1 spiro atoms. The number of fused-ring (bicyclic) bond motifs is 2. The molecule has 0 unspecified atom stereocenters. The monoisotopic (exact) mass is 574 g/mol. The molecule has 0 amide bonds. The summed E-state index contributed by atoms with van der Waals surface area (Å²) in [6.45, 7) is 2.69. The molecule has 6 fully saturated rings. The second-order valence-corrected chi connectivity index (χ2v) is 13.4. The van der Waals surface area contributed by atoms with Gasteiger partial charge in [0.05, 0.1) is 35.3 Å². The number of rotatable bonds is 6. The highest BCUT2D eigenvalue weighted by molar-refractivity contribution is 5.95. The molecular formula is C30H42N2O9. The summed E-state index contributed by atoms with van der Waals surface area (Å²) in [6, 6.07) is 5.94. The number of likely N-dealkylation sites (N-methyl/N-ethyl adjacent to an activating group) is 1. The Kier molecular flexibility index (Phi) is 5.74. The van der Waals surface area contributed by atoms with Crippen LogP contribution in [-0.2, 0) is 18.9 Å². The van der Waals surface area contributed by atoms with Crippen molar-refractivity contribution in [3.63, 3.8) is 0 Å². The lowest BCUT2D eigenvalue weighted by atomic mass is 9.41. The first-order chi connectivity index (χ1) is 19.4. The van der Waals surface area contributed by atoms with E-state index < -0.39 is 75.6 Å². The van der Waals surface area contributed by atoms with Crippen LogP contribution in [0.4, 0.5) is 5.69 Å². The van der Waals surface area contributed by atoms with Crippen molar-refractivity contribution in [2.24, 2.45) is 17.3 Å². The first-order valence-electron chi connectivity index (χ1n) is 14.7. The minimum Gasteiger partial charge on any atom is -0.454 e. The molecule has 6 aliphatic rings. The van der Waals surface area contributed by atoms with Gasteiger partial charge in [-0.2, -0.15) is 0 Å². The van der Waals surface area contributed by atoms with E-state index in [0.717, 1.165) is 0 Å². The number of nitrogens with zero attached hydrogens (tertiary/aromatic N) is 1. The number of hydrogen-bond acceptors (Lipinski definition) is 11. The van der Waals surface area contributed by atoms with E-state index in [4.69, 9.17) is 24.7 Å². The second-order valence-electron chi connectivity index (χ2n) is 13.4. The lowest BCUT2D eigenvalue weighted by Gasteiger charge is -2.74. The number of likely N-dealkylation sites (tertiary alicyclic amines) is 1. The third-order valence-electron chi connectivity index (χ3n) is 12.6. The number of anilines is 1. The van der Waals surface area contributed by atoms with Crippen molar-refractivity contribution in [3.05, 3.63) is 29.8 Å². The van der Waals surface area contributed by atoms with Crippen LogP contribution < -0.4 is 5.73 Å². The second kappa shape index (κ2) is 8.41. The van der Waals surface area contributed by atoms with Crippen molar-refractivity contribution in [1.82, 2.24) is 4.90 Å². The Morgan fingerprint density at radius 1 is 1.02 bits per heavy atom. The van der Waals surface area contributed by atoms with Crippen LogP contribution in [0, 0.1) is 17.3 Å². The molecule has 5 aliphatic carbocycles. The highest BCUT2D eigenvalue weighted by atomic mass is 16.6. The number of hydrogen-bond donors (Lipinski definition) is 5. The maximum atomic E-state index is 13.7. The summed E-state index contributed by atoms with van der Waals surface area (Å²) in [6.07, 6.45) is -1.36. The smallest absolute Gasteiger partial charge is 0.340 e. The Morgan fingerprint density at radius 2 is 1.76 bits per heavy atom. The highest BCUT2D eigenvalue weighted by Gasteiger charge is 2.98. The van der Waals surface area contributed by atoms with Crippen molar-refractivity contribution in [3.8, 4) is 0 Å². The number of esters is 1. The maximum absolute atomic E-state index is 13.7. The van der Waals surface area contributed by atoms with E-state index in [-0.39, 0.29) is 24.8 Å². The van der Waals surface area contributed by atoms with Crippen molar-refractivity contribution in [1.29, 1.82) is 0 Å². The quantitative estimate of drug-likeness (QED) is 0.231. The predicted octanol–water partition coefficient (Wildman–Crippen LogP) is 0.0752. The molecule has 41 heavy (non-hydrogen) atoms. The first-order valence-corrected chi connectivity index (χ1v) is 14.7. The van der Waals surface area contributed by atoms with Gasteiger partial charge >= 0.3 is 5.97 Å². The van der Waals surface area contributed by atoms with E-state index in [2.05, 4.69) is 0 Å². The van der Waals surface area contributed by atoms with Crippen LogP contribution in [0.15, 0.2) is 24.3 Å². The number of methoxy groups -OCH3 is 3. The molecule has 0 aromatic heterocycles. The summed E-state index contributed by atoms with van der Waals surface area (Å²) in [7, 11) is 4.56. The molecule has 1 aliphatic heterocycles. The van der Waals surface area contributed by atoms with E-state index in [1.54, 1.807) is 31.4 Å². The summed E-state index contributed by atoms with van der Waals surface area (Å²) >= 11 is 0. The fourth-order valence-electron chi connectivity index (χ4n) is 11.3. The van der Waals surface area contributed by atoms with Gasteiger partial charge in [-0.15, -0.1) is 0 Å². The fraction of sp³-hybridized carbons (Fsp3) is 0.767. The number of benzene rings is 1. The number of nitrogens with two attached hydrogens (primary N) is 1. The molecule has 0 radical (unpaired) electrons. The summed E-state index contributed by atoms with van der Waals surface area (Å²) in [5, 5.41) is 51.8. The molecule has 6 N–H and O–H groups in total. The molecule has 7 rings (SSSR count). The van der Waals surface area contributed by atoms with Gasteiger partial charge in [-0.25, -0.2) is 4.79 Å². The first kappa shape index (κ1) is 28.0. The molecular weight excluding hydrogens is 532 g/mol. The number of nitrogen functional groups attached to an aromatic ring is 1. The average Bonchev–Trinajstić information content (AvgIpc) is 3.30. The van der Waals surface area contributed by atoms with Crippen molar-refractivity contribution >= 4 is 11.7 Å². The van der Waals surface area contributed by atoms with Crippen LogP contribution in [0.5, 0.6) is 0 Å². The third-order valence-corrected chi connectivity index (χ3v) is 12.6. The number of aliphatic hydroxyl groups is 4. The Bertz CT molecular complexity index is 1280. The van der Waals surface area contributed by atoms with Crippen molar-refractivity contribution in [2.45, 2.75) is 91.4 Å². The summed E-state index contributed by atoms with van der Waals surface area (Å²) in [4.78, 5) is 15.8. The van der Waals surface area contributed by atoms with Crippen molar-refractivity contribution < 1.29 is 44.2 Å². The number of ether oxygens (including phenoxy) is 4. The van der Waals surface area contributed by atoms with Crippen LogP contribution in [-0.4, -0.2) is 118 Å². The average molecular weight is 575 g/mol. The van der Waals surface area contributed by atoms with E-state index in [1.807, 2.05) is 11.8 Å². The standard InChI is InChI=1S/C30H42N2O9/c1-5-32-15-25(41-23(33)16-8-6-7-9-18(16)31)11-10-21(39-3)29-20(25)14-26(34,24(29)32)27(35)13-19(38-2)17-12-28(29,36)30(27,37)22(17)40-4/h6-9,17,19-22,24,34-37H,5,10-15,31H2,1-4H3/t17-,19+,20-,21+,22+,24-,25-,26+,27+,28-,29+,30+/m1/s1. The van der Waals surface area contributed by atoms with Gasteiger partial charge in [0, 0.05) is 51.8 Å². The minimum atomic E-state index is -2.24. The van der Waals surface area contributed by atoms with E-state index >= 15 is 0 Å². The van der Waals surface area contributed by atoms with Crippen LogP contribution in [0.25, 0.3) is 0 Å².